The molecule has 0 saturated heterocycles. The molecule has 4 N–H and O–H groups in total. The Hall–Kier alpha value is 0.500. The summed E-state index contributed by atoms with van der Waals surface area (Å²) in [6.07, 6.45) is 0. The summed E-state index contributed by atoms with van der Waals surface area (Å²) in [5.41, 5.74) is 12.1. The Morgan fingerprint density at radius 3 is 1.85 bits per heavy atom. The number of rotatable bonds is 3. The predicted octanol–water partition coefficient (Wildman–Crippen LogP) is 1.08. The van der Waals surface area contributed by atoms with Crippen molar-refractivity contribution in [1.82, 2.24) is 9.34 Å². The second-order valence-electron chi connectivity index (χ2n) is 3.74. The summed E-state index contributed by atoms with van der Waals surface area (Å²) in [5.74, 6) is 0. The lowest BCUT2D eigenvalue weighted by atomic mass is 11.3. The van der Waals surface area contributed by atoms with Crippen LogP contribution in [0.3, 0.4) is 0 Å². The Morgan fingerprint density at radius 2 is 1.62 bits per heavy atom. The van der Waals surface area contributed by atoms with Gasteiger partial charge in [-0.05, 0) is 14.1 Å². The van der Waals surface area contributed by atoms with Gasteiger partial charge in [0, 0.05) is 20.8 Å². The monoisotopic (exact) mass is 226 g/mol. The first-order valence-corrected chi connectivity index (χ1v) is 8.42. The fraction of sp³-hybridized carbons (Fsp3) is 1.00. The molecule has 0 fully saturated rings. The van der Waals surface area contributed by atoms with Gasteiger partial charge in [0.15, 0.2) is 0 Å². The molecule has 13 heavy (non-hydrogen) atoms. The van der Waals surface area contributed by atoms with Crippen molar-refractivity contribution in [3.63, 3.8) is 0 Å². The van der Waals surface area contributed by atoms with Crippen LogP contribution >= 0.6 is 15.1 Å². The summed E-state index contributed by atoms with van der Waals surface area (Å²) < 4.78 is 8.49. The Balaban J connectivity index is 4.93. The van der Waals surface area contributed by atoms with Gasteiger partial charge in [0.1, 0.15) is 14.0 Å². The van der Waals surface area contributed by atoms with Crippen LogP contribution in [0.1, 0.15) is 0 Å². The normalized spacial score (nSPS) is 21.4. The first-order chi connectivity index (χ1) is 5.59. The largest absolute Gasteiger partial charge is 0.283 e. The third-order valence-corrected chi connectivity index (χ3v) is 8.12. The van der Waals surface area contributed by atoms with E-state index in [1.807, 2.05) is 50.9 Å². The standard InChI is InChI=1S/C6H22N5P2/c1-10(2)12(5,7)9-13(6,8)11(3)4/h7-8H2,1-6H3/q+1. The molecule has 0 heterocycles. The lowest BCUT2D eigenvalue weighted by Crippen LogP contribution is -2.21. The molecule has 0 saturated carbocycles. The Labute approximate surface area is 82.1 Å². The molecule has 0 aromatic heterocycles. The summed E-state index contributed by atoms with van der Waals surface area (Å²) >= 11 is 0. The van der Waals surface area contributed by atoms with Gasteiger partial charge < -0.3 is 0 Å². The van der Waals surface area contributed by atoms with Crippen molar-refractivity contribution >= 4 is 15.1 Å². The molecule has 0 aliphatic rings. The maximum atomic E-state index is 6.07. The third-order valence-electron chi connectivity index (χ3n) is 1.98. The smallest absolute Gasteiger partial charge is 0.268 e. The molecule has 0 amide bonds. The molecule has 0 spiro atoms. The molecule has 0 rings (SSSR count). The molecular weight excluding hydrogens is 204 g/mol. The zero-order valence-electron chi connectivity index (χ0n) is 9.39. The summed E-state index contributed by atoms with van der Waals surface area (Å²) in [6.45, 7) is 3.92. The van der Waals surface area contributed by atoms with Crippen LogP contribution in [-0.4, -0.2) is 50.9 Å². The van der Waals surface area contributed by atoms with Crippen LogP contribution in [0, 0.1) is 0 Å². The summed E-state index contributed by atoms with van der Waals surface area (Å²) in [4.78, 5) is 0. The van der Waals surface area contributed by atoms with Gasteiger partial charge in [-0.1, -0.05) is 4.52 Å². The van der Waals surface area contributed by atoms with Crippen LogP contribution < -0.4 is 11.0 Å². The topological polar surface area (TPSA) is 70.9 Å². The Morgan fingerprint density at radius 1 is 1.23 bits per heavy atom. The zero-order chi connectivity index (χ0) is 10.9. The van der Waals surface area contributed by atoms with E-state index < -0.39 is 15.1 Å². The molecule has 0 aliphatic heterocycles. The molecule has 80 valence electrons. The number of nitrogens with zero attached hydrogens (tertiary/aromatic N) is 3. The molecular formula is C6H22N5P2+. The minimum Gasteiger partial charge on any atom is -0.283 e. The van der Waals surface area contributed by atoms with Crippen LogP contribution in [0.15, 0.2) is 4.52 Å². The van der Waals surface area contributed by atoms with E-state index in [0.717, 1.165) is 0 Å². The van der Waals surface area contributed by atoms with Gasteiger partial charge in [-0.2, -0.15) is 5.50 Å². The fourth-order valence-corrected chi connectivity index (χ4v) is 4.74. The number of nitrogens with two attached hydrogens (primary N) is 2. The minimum absolute atomic E-state index is 1.85. The van der Waals surface area contributed by atoms with Crippen molar-refractivity contribution in [2.24, 2.45) is 15.5 Å². The van der Waals surface area contributed by atoms with E-state index in [2.05, 4.69) is 4.52 Å². The summed E-state index contributed by atoms with van der Waals surface area (Å²) in [5, 5.41) is 0. The second-order valence-corrected chi connectivity index (χ2v) is 9.97. The highest BCUT2D eigenvalue weighted by atomic mass is 31.2. The average Bonchev–Trinajstić information content (AvgIpc) is 1.83. The van der Waals surface area contributed by atoms with E-state index in [-0.39, 0.29) is 0 Å². The first-order valence-electron chi connectivity index (χ1n) is 4.00. The Bertz CT molecular complexity index is 217. The van der Waals surface area contributed by atoms with Crippen LogP contribution in [-0.2, 0) is 0 Å². The van der Waals surface area contributed by atoms with Gasteiger partial charge in [0.2, 0.25) is 0 Å². The maximum absolute atomic E-state index is 6.07. The quantitative estimate of drug-likeness (QED) is 0.706. The van der Waals surface area contributed by atoms with E-state index in [1.165, 1.54) is 0 Å². The molecule has 7 heteroatoms. The molecule has 2 atom stereocenters. The molecule has 0 aromatic rings. The van der Waals surface area contributed by atoms with E-state index in [1.54, 1.807) is 0 Å². The van der Waals surface area contributed by atoms with Gasteiger partial charge in [-0.3, -0.25) is 10.2 Å². The van der Waals surface area contributed by atoms with E-state index in [4.69, 9.17) is 11.0 Å². The van der Waals surface area contributed by atoms with E-state index in [9.17, 15) is 0 Å². The van der Waals surface area contributed by atoms with Gasteiger partial charge in [0.25, 0.3) is 7.71 Å². The molecule has 0 bridgehead atoms. The minimum atomic E-state index is -1.85. The third kappa shape index (κ3) is 4.03. The predicted molar refractivity (Wildman–Crippen MR) is 63.9 cm³/mol. The van der Waals surface area contributed by atoms with Gasteiger partial charge in [-0.25, -0.2) is 0 Å². The van der Waals surface area contributed by atoms with Crippen molar-refractivity contribution < 1.29 is 0 Å². The van der Waals surface area contributed by atoms with Crippen LogP contribution in [0.4, 0.5) is 0 Å². The SMILES string of the molecule is CN(C)P(C)(N)=N[P+](C)(N)N(C)C. The average molecular weight is 226 g/mol. The summed E-state index contributed by atoms with van der Waals surface area (Å²) in [7, 11) is 4.05. The van der Waals surface area contributed by atoms with Gasteiger partial charge in [-0.15, -0.1) is 4.67 Å². The number of hydrogen-bond donors (Lipinski definition) is 2. The maximum Gasteiger partial charge on any atom is 0.268 e. The van der Waals surface area contributed by atoms with Crippen LogP contribution in [0.5, 0.6) is 0 Å². The molecule has 0 aliphatic carbocycles. The van der Waals surface area contributed by atoms with Gasteiger partial charge >= 0.3 is 0 Å². The molecule has 0 radical (unpaired) electrons. The first kappa shape index (κ1) is 13.5. The number of hydrogen-bond acceptors (Lipinski definition) is 3. The highest BCUT2D eigenvalue weighted by Gasteiger charge is 2.32. The second kappa shape index (κ2) is 4.35. The van der Waals surface area contributed by atoms with E-state index >= 15 is 0 Å². The van der Waals surface area contributed by atoms with Gasteiger partial charge in [0.05, 0.1) is 0 Å². The lowest BCUT2D eigenvalue weighted by molar-refractivity contribution is 0.655. The fourth-order valence-electron chi connectivity index (χ4n) is 0.527. The molecule has 2 unspecified atom stereocenters. The highest BCUT2D eigenvalue weighted by Crippen LogP contribution is 2.59. The zero-order valence-corrected chi connectivity index (χ0v) is 11.2. The summed E-state index contributed by atoms with van der Waals surface area (Å²) in [6, 6.07) is 0. The van der Waals surface area contributed by atoms with Crippen LogP contribution in [0.25, 0.3) is 0 Å². The Kier molecular flexibility index (Phi) is 4.51. The van der Waals surface area contributed by atoms with Crippen molar-refractivity contribution in [3.8, 4) is 0 Å². The van der Waals surface area contributed by atoms with Crippen molar-refractivity contribution in [3.05, 3.63) is 0 Å². The van der Waals surface area contributed by atoms with Crippen molar-refractivity contribution in [2.45, 2.75) is 0 Å². The van der Waals surface area contributed by atoms with E-state index in [0.29, 0.717) is 0 Å². The van der Waals surface area contributed by atoms with Crippen molar-refractivity contribution in [2.75, 3.05) is 41.5 Å². The molecule has 5 nitrogen and oxygen atoms in total. The lowest BCUT2D eigenvalue weighted by Gasteiger charge is -2.25. The highest BCUT2D eigenvalue weighted by molar-refractivity contribution is 7.77. The molecule has 0 aromatic carbocycles. The van der Waals surface area contributed by atoms with Crippen molar-refractivity contribution in [1.29, 1.82) is 0 Å². The van der Waals surface area contributed by atoms with Crippen LogP contribution in [0.2, 0.25) is 0 Å².